The molecule has 162 valence electrons. The zero-order chi connectivity index (χ0) is 21.5. The second-order valence-corrected chi connectivity index (χ2v) is 8.66. The molecule has 1 aliphatic rings. The van der Waals surface area contributed by atoms with Gasteiger partial charge in [-0.2, -0.15) is 0 Å². The van der Waals surface area contributed by atoms with Crippen LogP contribution in [-0.2, 0) is 24.3 Å². The van der Waals surface area contributed by atoms with E-state index in [0.29, 0.717) is 19.6 Å². The summed E-state index contributed by atoms with van der Waals surface area (Å²) in [6.45, 7) is 5.40. The lowest BCUT2D eigenvalue weighted by molar-refractivity contribution is -0.133. The second kappa shape index (κ2) is 10.5. The van der Waals surface area contributed by atoms with Gasteiger partial charge in [0.15, 0.2) is 0 Å². The topological polar surface area (TPSA) is 36.7 Å². The first-order valence-corrected chi connectivity index (χ1v) is 11.3. The molecule has 1 aliphatic carbocycles. The summed E-state index contributed by atoms with van der Waals surface area (Å²) in [6.07, 6.45) is 3.40. The van der Waals surface area contributed by atoms with Crippen LogP contribution in [0.2, 0.25) is 0 Å². The standard InChI is InChI=1S/C27H32N2O2/c1-22-12-15-26(31-22)20-29(17-16-23-8-4-2-5-9-23)27(30)21-28(19-25-13-14-25)18-24-10-6-3-7-11-24/h2-12,15,25H,13-14,16-21H2,1H3. The Morgan fingerprint density at radius 2 is 1.58 bits per heavy atom. The smallest absolute Gasteiger partial charge is 0.237 e. The van der Waals surface area contributed by atoms with Gasteiger partial charge in [0.1, 0.15) is 11.5 Å². The molecule has 1 aromatic heterocycles. The average Bonchev–Trinajstić information content (AvgIpc) is 3.50. The summed E-state index contributed by atoms with van der Waals surface area (Å²) < 4.78 is 5.78. The maximum absolute atomic E-state index is 13.4. The Morgan fingerprint density at radius 1 is 0.903 bits per heavy atom. The molecule has 0 unspecified atom stereocenters. The van der Waals surface area contributed by atoms with Gasteiger partial charge in [-0.05, 0) is 55.4 Å². The van der Waals surface area contributed by atoms with Crippen molar-refractivity contribution in [1.29, 1.82) is 0 Å². The fourth-order valence-corrected chi connectivity index (χ4v) is 3.94. The van der Waals surface area contributed by atoms with E-state index >= 15 is 0 Å². The van der Waals surface area contributed by atoms with Crippen molar-refractivity contribution < 1.29 is 9.21 Å². The molecule has 3 aromatic rings. The number of carbonyl (C=O) groups is 1. The van der Waals surface area contributed by atoms with E-state index < -0.39 is 0 Å². The quantitative estimate of drug-likeness (QED) is 0.438. The lowest BCUT2D eigenvalue weighted by atomic mass is 10.1. The Kier molecular flexibility index (Phi) is 7.21. The summed E-state index contributed by atoms with van der Waals surface area (Å²) in [6, 6.07) is 24.8. The highest BCUT2D eigenvalue weighted by Gasteiger charge is 2.27. The zero-order valence-corrected chi connectivity index (χ0v) is 18.4. The minimum absolute atomic E-state index is 0.168. The van der Waals surface area contributed by atoms with Crippen LogP contribution in [0, 0.1) is 12.8 Å². The Bertz CT molecular complexity index is 948. The number of nitrogens with zero attached hydrogens (tertiary/aromatic N) is 2. The van der Waals surface area contributed by atoms with Gasteiger partial charge in [0.05, 0.1) is 13.1 Å². The number of aryl methyl sites for hydroxylation is 1. The van der Waals surface area contributed by atoms with E-state index in [0.717, 1.165) is 36.9 Å². The van der Waals surface area contributed by atoms with Crippen molar-refractivity contribution >= 4 is 5.91 Å². The molecule has 0 bridgehead atoms. The molecule has 1 heterocycles. The molecule has 0 aliphatic heterocycles. The van der Waals surface area contributed by atoms with E-state index in [4.69, 9.17) is 4.42 Å². The number of benzene rings is 2. The van der Waals surface area contributed by atoms with Crippen LogP contribution < -0.4 is 0 Å². The van der Waals surface area contributed by atoms with Crippen LogP contribution >= 0.6 is 0 Å². The number of amides is 1. The summed E-state index contributed by atoms with van der Waals surface area (Å²) in [5, 5.41) is 0. The molecule has 0 N–H and O–H groups in total. The third-order valence-corrected chi connectivity index (χ3v) is 5.83. The van der Waals surface area contributed by atoms with Gasteiger partial charge >= 0.3 is 0 Å². The molecule has 4 rings (SSSR count). The molecule has 0 radical (unpaired) electrons. The largest absolute Gasteiger partial charge is 0.464 e. The van der Waals surface area contributed by atoms with Crippen molar-refractivity contribution in [3.8, 4) is 0 Å². The van der Waals surface area contributed by atoms with E-state index in [1.165, 1.54) is 24.0 Å². The van der Waals surface area contributed by atoms with Crippen LogP contribution in [0.15, 0.2) is 77.2 Å². The Morgan fingerprint density at radius 3 is 2.19 bits per heavy atom. The first-order chi connectivity index (χ1) is 15.2. The molecule has 0 atom stereocenters. The van der Waals surface area contributed by atoms with Crippen molar-refractivity contribution in [3.63, 3.8) is 0 Å². The first-order valence-electron chi connectivity index (χ1n) is 11.3. The highest BCUT2D eigenvalue weighted by molar-refractivity contribution is 5.78. The van der Waals surface area contributed by atoms with Crippen LogP contribution in [0.5, 0.6) is 0 Å². The fourth-order valence-electron chi connectivity index (χ4n) is 3.94. The molecule has 31 heavy (non-hydrogen) atoms. The van der Waals surface area contributed by atoms with Gasteiger partial charge in [-0.3, -0.25) is 9.69 Å². The van der Waals surface area contributed by atoms with Gasteiger partial charge in [0.2, 0.25) is 5.91 Å². The van der Waals surface area contributed by atoms with Gasteiger partial charge in [-0.15, -0.1) is 0 Å². The normalized spacial score (nSPS) is 13.5. The maximum Gasteiger partial charge on any atom is 0.237 e. The Balaban J connectivity index is 1.44. The minimum atomic E-state index is 0.168. The van der Waals surface area contributed by atoms with Gasteiger partial charge in [0, 0.05) is 19.6 Å². The molecule has 4 nitrogen and oxygen atoms in total. The van der Waals surface area contributed by atoms with E-state index in [2.05, 4.69) is 53.4 Å². The first kappa shape index (κ1) is 21.4. The highest BCUT2D eigenvalue weighted by Crippen LogP contribution is 2.30. The van der Waals surface area contributed by atoms with Crippen LogP contribution in [-0.4, -0.2) is 35.3 Å². The number of hydrogen-bond acceptors (Lipinski definition) is 3. The van der Waals surface area contributed by atoms with Gasteiger partial charge in [-0.1, -0.05) is 60.7 Å². The highest BCUT2D eigenvalue weighted by atomic mass is 16.3. The summed E-state index contributed by atoms with van der Waals surface area (Å²) in [5.74, 6) is 2.63. The fraction of sp³-hybridized carbons (Fsp3) is 0.370. The van der Waals surface area contributed by atoms with Crippen LogP contribution in [0.1, 0.15) is 35.5 Å². The number of carbonyl (C=O) groups excluding carboxylic acids is 1. The minimum Gasteiger partial charge on any atom is -0.464 e. The molecule has 1 saturated carbocycles. The second-order valence-electron chi connectivity index (χ2n) is 8.66. The monoisotopic (exact) mass is 416 g/mol. The summed E-state index contributed by atoms with van der Waals surface area (Å²) in [5.41, 5.74) is 2.50. The Hall–Kier alpha value is -2.85. The summed E-state index contributed by atoms with van der Waals surface area (Å²) in [7, 11) is 0. The molecule has 1 amide bonds. The van der Waals surface area contributed by atoms with Crippen LogP contribution in [0.4, 0.5) is 0 Å². The molecule has 0 spiro atoms. The van der Waals surface area contributed by atoms with Crippen molar-refractivity contribution in [2.75, 3.05) is 19.6 Å². The summed E-state index contributed by atoms with van der Waals surface area (Å²) >= 11 is 0. The summed E-state index contributed by atoms with van der Waals surface area (Å²) in [4.78, 5) is 17.7. The molecule has 2 aromatic carbocycles. The van der Waals surface area contributed by atoms with Crippen molar-refractivity contribution in [2.24, 2.45) is 5.92 Å². The molecular weight excluding hydrogens is 384 g/mol. The van der Waals surface area contributed by atoms with Gasteiger partial charge in [0.25, 0.3) is 0 Å². The predicted octanol–water partition coefficient (Wildman–Crippen LogP) is 5.07. The third-order valence-electron chi connectivity index (χ3n) is 5.83. The predicted molar refractivity (Wildman–Crippen MR) is 123 cm³/mol. The zero-order valence-electron chi connectivity index (χ0n) is 18.4. The van der Waals surface area contributed by atoms with Gasteiger partial charge in [-0.25, -0.2) is 0 Å². The van der Waals surface area contributed by atoms with Crippen LogP contribution in [0.3, 0.4) is 0 Å². The molecular formula is C27H32N2O2. The number of rotatable bonds is 11. The van der Waals surface area contributed by atoms with E-state index in [1.807, 2.05) is 36.1 Å². The third kappa shape index (κ3) is 6.83. The molecule has 1 fully saturated rings. The number of hydrogen-bond donors (Lipinski definition) is 0. The van der Waals surface area contributed by atoms with E-state index in [9.17, 15) is 4.79 Å². The SMILES string of the molecule is Cc1ccc(CN(CCc2ccccc2)C(=O)CN(Cc2ccccc2)CC2CC2)o1. The van der Waals surface area contributed by atoms with Gasteiger partial charge < -0.3 is 9.32 Å². The van der Waals surface area contributed by atoms with Crippen molar-refractivity contribution in [1.82, 2.24) is 9.80 Å². The van der Waals surface area contributed by atoms with E-state index in [-0.39, 0.29) is 5.91 Å². The van der Waals surface area contributed by atoms with Crippen molar-refractivity contribution in [2.45, 2.75) is 39.3 Å². The molecule has 0 saturated heterocycles. The van der Waals surface area contributed by atoms with Crippen molar-refractivity contribution in [3.05, 3.63) is 95.4 Å². The van der Waals surface area contributed by atoms with E-state index in [1.54, 1.807) is 0 Å². The maximum atomic E-state index is 13.4. The number of furan rings is 1. The lowest BCUT2D eigenvalue weighted by Crippen LogP contribution is -2.41. The van der Waals surface area contributed by atoms with Crippen LogP contribution in [0.25, 0.3) is 0 Å². The Labute approximate surface area is 185 Å². The lowest BCUT2D eigenvalue weighted by Gasteiger charge is -2.27. The molecule has 4 heteroatoms. The average molecular weight is 417 g/mol.